The van der Waals surface area contributed by atoms with Gasteiger partial charge in [-0.3, -0.25) is 9.59 Å². The molecule has 0 saturated heterocycles. The molecule has 5 heteroatoms. The number of aryl methyl sites for hydroxylation is 1. The van der Waals surface area contributed by atoms with Crippen LogP contribution in [0.3, 0.4) is 0 Å². The molecule has 0 aliphatic rings. The number of aromatic nitrogens is 2. The Hall–Kier alpha value is -3.21. The van der Waals surface area contributed by atoms with E-state index in [1.54, 1.807) is 19.9 Å². The van der Waals surface area contributed by atoms with Crippen molar-refractivity contribution in [1.82, 2.24) is 9.78 Å². The van der Waals surface area contributed by atoms with Crippen LogP contribution < -0.4 is 10.9 Å². The van der Waals surface area contributed by atoms with Crippen molar-refractivity contribution in [2.45, 2.75) is 26.3 Å². The van der Waals surface area contributed by atoms with Gasteiger partial charge in [-0.2, -0.15) is 5.10 Å². The molecule has 0 aliphatic carbocycles. The number of hydrogen-bond donors (Lipinski definition) is 1. The molecule has 3 aromatic rings. The molecule has 0 saturated carbocycles. The average Bonchev–Trinajstić information content (AvgIpc) is 2.64. The summed E-state index contributed by atoms with van der Waals surface area (Å²) in [6, 6.07) is 20.2. The van der Waals surface area contributed by atoms with Gasteiger partial charge in [-0.05, 0) is 39.0 Å². The van der Waals surface area contributed by atoms with E-state index in [1.165, 1.54) is 10.7 Å². The third-order valence-electron chi connectivity index (χ3n) is 4.26. The van der Waals surface area contributed by atoms with Gasteiger partial charge in [0.1, 0.15) is 5.54 Å². The predicted octanol–water partition coefficient (Wildman–Crippen LogP) is 3.59. The first-order valence-electron chi connectivity index (χ1n) is 8.42. The molecular formula is C21H21N3O2. The molecule has 1 N–H and O–H groups in total. The van der Waals surface area contributed by atoms with Gasteiger partial charge in [0.05, 0.1) is 5.69 Å². The van der Waals surface area contributed by atoms with Gasteiger partial charge in [-0.15, -0.1) is 0 Å². The molecule has 5 nitrogen and oxygen atoms in total. The van der Waals surface area contributed by atoms with E-state index in [4.69, 9.17) is 0 Å². The molecular weight excluding hydrogens is 326 g/mol. The van der Waals surface area contributed by atoms with Crippen molar-refractivity contribution in [2.75, 3.05) is 5.32 Å². The Morgan fingerprint density at radius 3 is 2.27 bits per heavy atom. The van der Waals surface area contributed by atoms with E-state index in [0.29, 0.717) is 11.4 Å². The van der Waals surface area contributed by atoms with Crippen molar-refractivity contribution in [1.29, 1.82) is 0 Å². The van der Waals surface area contributed by atoms with Crippen LogP contribution in [0, 0.1) is 6.92 Å². The Kier molecular flexibility index (Phi) is 4.71. The Balaban J connectivity index is 1.94. The standard InChI is InChI=1S/C21H21N3O2/c1-15-9-11-17(12-10-15)22-20(26)21(2,3)24-19(25)14-13-18(23-24)16-7-5-4-6-8-16/h4-14H,1-3H3,(H,22,26). The highest BCUT2D eigenvalue weighted by Crippen LogP contribution is 2.19. The fourth-order valence-electron chi connectivity index (χ4n) is 2.59. The molecule has 0 fully saturated rings. The molecule has 0 bridgehead atoms. The van der Waals surface area contributed by atoms with E-state index in [9.17, 15) is 9.59 Å². The number of anilines is 1. The summed E-state index contributed by atoms with van der Waals surface area (Å²) in [5.74, 6) is -0.304. The van der Waals surface area contributed by atoms with Gasteiger partial charge in [0.2, 0.25) is 0 Å². The van der Waals surface area contributed by atoms with Crippen molar-refractivity contribution < 1.29 is 4.79 Å². The van der Waals surface area contributed by atoms with Crippen LogP contribution >= 0.6 is 0 Å². The molecule has 1 aromatic heterocycles. The van der Waals surface area contributed by atoms with E-state index in [-0.39, 0.29) is 11.5 Å². The summed E-state index contributed by atoms with van der Waals surface area (Å²) in [4.78, 5) is 25.2. The smallest absolute Gasteiger partial charge is 0.267 e. The molecule has 0 atom stereocenters. The summed E-state index contributed by atoms with van der Waals surface area (Å²) in [7, 11) is 0. The van der Waals surface area contributed by atoms with Crippen molar-refractivity contribution in [3.05, 3.63) is 82.6 Å². The first-order valence-corrected chi connectivity index (χ1v) is 8.42. The van der Waals surface area contributed by atoms with Gasteiger partial charge in [0, 0.05) is 17.3 Å². The lowest BCUT2D eigenvalue weighted by Crippen LogP contribution is -2.47. The zero-order valence-electron chi connectivity index (χ0n) is 15.1. The average molecular weight is 347 g/mol. The second kappa shape index (κ2) is 6.96. The summed E-state index contributed by atoms with van der Waals surface area (Å²) in [5.41, 5.74) is 1.84. The molecule has 1 amide bonds. The highest BCUT2D eigenvalue weighted by Gasteiger charge is 2.32. The molecule has 3 rings (SSSR count). The maximum absolute atomic E-state index is 12.8. The van der Waals surface area contributed by atoms with Crippen LogP contribution in [-0.2, 0) is 10.3 Å². The quantitative estimate of drug-likeness (QED) is 0.784. The minimum atomic E-state index is -1.15. The number of amides is 1. The first-order chi connectivity index (χ1) is 12.4. The molecule has 132 valence electrons. The Labute approximate surface area is 152 Å². The molecule has 2 aromatic carbocycles. The lowest BCUT2D eigenvalue weighted by molar-refractivity contribution is -0.123. The fraction of sp³-hybridized carbons (Fsp3) is 0.190. The summed E-state index contributed by atoms with van der Waals surface area (Å²) < 4.78 is 1.23. The van der Waals surface area contributed by atoms with E-state index in [2.05, 4.69) is 10.4 Å². The number of rotatable bonds is 4. The normalized spacial score (nSPS) is 11.2. The minimum Gasteiger partial charge on any atom is -0.324 e. The Bertz CT molecular complexity index is 974. The molecule has 0 unspecified atom stereocenters. The van der Waals surface area contributed by atoms with Crippen LogP contribution in [0.4, 0.5) is 5.69 Å². The molecule has 1 heterocycles. The SMILES string of the molecule is Cc1ccc(NC(=O)C(C)(C)n2nc(-c3ccccc3)ccc2=O)cc1. The van der Waals surface area contributed by atoms with Gasteiger partial charge < -0.3 is 5.32 Å². The van der Waals surface area contributed by atoms with Gasteiger partial charge in [0.15, 0.2) is 0 Å². The second-order valence-corrected chi connectivity index (χ2v) is 6.71. The third-order valence-corrected chi connectivity index (χ3v) is 4.26. The largest absolute Gasteiger partial charge is 0.324 e. The summed E-state index contributed by atoms with van der Waals surface area (Å²) >= 11 is 0. The lowest BCUT2D eigenvalue weighted by atomic mass is 10.0. The van der Waals surface area contributed by atoms with Gasteiger partial charge in [-0.1, -0.05) is 48.0 Å². The van der Waals surface area contributed by atoms with Gasteiger partial charge in [0.25, 0.3) is 11.5 Å². The second-order valence-electron chi connectivity index (χ2n) is 6.71. The Morgan fingerprint density at radius 2 is 1.62 bits per heavy atom. The maximum Gasteiger partial charge on any atom is 0.267 e. The highest BCUT2D eigenvalue weighted by atomic mass is 16.2. The van der Waals surface area contributed by atoms with Gasteiger partial charge >= 0.3 is 0 Å². The molecule has 0 spiro atoms. The van der Waals surface area contributed by atoms with Crippen LogP contribution in [0.5, 0.6) is 0 Å². The summed E-state index contributed by atoms with van der Waals surface area (Å²) in [6.07, 6.45) is 0. The first kappa shape index (κ1) is 17.6. The number of hydrogen-bond acceptors (Lipinski definition) is 3. The summed E-state index contributed by atoms with van der Waals surface area (Å²) in [5, 5.41) is 7.29. The minimum absolute atomic E-state index is 0.304. The van der Waals surface area contributed by atoms with Crippen molar-refractivity contribution in [3.63, 3.8) is 0 Å². The fourth-order valence-corrected chi connectivity index (χ4v) is 2.59. The van der Waals surface area contributed by atoms with Crippen molar-refractivity contribution in [2.24, 2.45) is 0 Å². The van der Waals surface area contributed by atoms with Crippen LogP contribution in [0.25, 0.3) is 11.3 Å². The number of nitrogens with zero attached hydrogens (tertiary/aromatic N) is 2. The van der Waals surface area contributed by atoms with Crippen LogP contribution in [0.15, 0.2) is 71.5 Å². The number of benzene rings is 2. The predicted molar refractivity (Wildman–Crippen MR) is 103 cm³/mol. The summed E-state index contributed by atoms with van der Waals surface area (Å²) in [6.45, 7) is 5.34. The molecule has 0 aliphatic heterocycles. The van der Waals surface area contributed by atoms with E-state index < -0.39 is 5.54 Å². The van der Waals surface area contributed by atoms with Crippen LogP contribution in [-0.4, -0.2) is 15.7 Å². The van der Waals surface area contributed by atoms with Crippen LogP contribution in [0.2, 0.25) is 0 Å². The van der Waals surface area contributed by atoms with Crippen molar-refractivity contribution >= 4 is 11.6 Å². The molecule has 26 heavy (non-hydrogen) atoms. The van der Waals surface area contributed by atoms with E-state index in [1.807, 2.05) is 61.5 Å². The van der Waals surface area contributed by atoms with Crippen LogP contribution in [0.1, 0.15) is 19.4 Å². The monoisotopic (exact) mass is 347 g/mol. The topological polar surface area (TPSA) is 64.0 Å². The third kappa shape index (κ3) is 3.57. The highest BCUT2D eigenvalue weighted by molar-refractivity contribution is 5.96. The van der Waals surface area contributed by atoms with Crippen molar-refractivity contribution in [3.8, 4) is 11.3 Å². The lowest BCUT2D eigenvalue weighted by Gasteiger charge is -2.25. The van der Waals surface area contributed by atoms with E-state index >= 15 is 0 Å². The number of carbonyl (C=O) groups is 1. The molecule has 0 radical (unpaired) electrons. The Morgan fingerprint density at radius 1 is 0.962 bits per heavy atom. The van der Waals surface area contributed by atoms with E-state index in [0.717, 1.165) is 11.1 Å². The zero-order valence-corrected chi connectivity index (χ0v) is 15.1. The zero-order chi connectivity index (χ0) is 18.7. The number of nitrogens with one attached hydrogen (secondary N) is 1. The van der Waals surface area contributed by atoms with Gasteiger partial charge in [-0.25, -0.2) is 4.68 Å². The maximum atomic E-state index is 12.8. The number of carbonyl (C=O) groups excluding carboxylic acids is 1.